The number of nitrogens with zero attached hydrogens (tertiary/aromatic N) is 1. The minimum atomic E-state index is -0.603. The minimum Gasteiger partial charge on any atom is -0.497 e. The van der Waals surface area contributed by atoms with Crippen molar-refractivity contribution in [2.24, 2.45) is 0 Å². The molecular weight excluding hydrogens is 305 g/mol. The zero-order chi connectivity index (χ0) is 16.1. The lowest BCUT2D eigenvalue weighted by Crippen LogP contribution is -2.29. The Morgan fingerprint density at radius 2 is 1.91 bits per heavy atom. The minimum absolute atomic E-state index is 0.0820. The zero-order valence-corrected chi connectivity index (χ0v) is 13.2. The Morgan fingerprint density at radius 1 is 1.23 bits per heavy atom. The lowest BCUT2D eigenvalue weighted by atomic mass is 10.1. The highest BCUT2D eigenvalue weighted by molar-refractivity contribution is 6.33. The molecule has 0 radical (unpaired) electrons. The van der Waals surface area contributed by atoms with E-state index in [0.717, 1.165) is 11.3 Å². The maximum Gasteiger partial charge on any atom is 0.258 e. The molecule has 0 fully saturated rings. The van der Waals surface area contributed by atoms with Gasteiger partial charge in [0.05, 0.1) is 17.7 Å². The van der Waals surface area contributed by atoms with Crippen LogP contribution in [0.15, 0.2) is 42.5 Å². The molecule has 0 aliphatic rings. The van der Waals surface area contributed by atoms with E-state index in [-0.39, 0.29) is 10.6 Å². The number of benzene rings is 2. The van der Waals surface area contributed by atoms with E-state index in [4.69, 9.17) is 16.3 Å². The van der Waals surface area contributed by atoms with Crippen molar-refractivity contribution < 1.29 is 13.9 Å². The maximum absolute atomic E-state index is 13.8. The second-order valence-electron chi connectivity index (χ2n) is 4.92. The first kappa shape index (κ1) is 16.3. The molecule has 0 aliphatic heterocycles. The summed E-state index contributed by atoms with van der Waals surface area (Å²) in [5.74, 6) is -0.239. The van der Waals surface area contributed by atoms with Crippen LogP contribution >= 0.6 is 11.6 Å². The number of ether oxygens (including phenoxy) is 1. The van der Waals surface area contributed by atoms with Gasteiger partial charge in [0.25, 0.3) is 5.91 Å². The number of rotatable bonds is 5. The fourth-order valence-corrected chi connectivity index (χ4v) is 2.33. The third-order valence-corrected chi connectivity index (χ3v) is 3.73. The average Bonchev–Trinajstić information content (AvgIpc) is 2.52. The first-order valence-corrected chi connectivity index (χ1v) is 7.23. The fraction of sp³-hybridized carbons (Fsp3) is 0.235. The van der Waals surface area contributed by atoms with Gasteiger partial charge in [-0.2, -0.15) is 0 Å². The molecule has 0 atom stereocenters. The Bertz CT molecular complexity index is 638. The number of halogens is 2. The van der Waals surface area contributed by atoms with Crippen LogP contribution in [-0.4, -0.2) is 31.5 Å². The highest BCUT2D eigenvalue weighted by atomic mass is 35.5. The summed E-state index contributed by atoms with van der Waals surface area (Å²) in [6, 6.07) is 11.8. The van der Waals surface area contributed by atoms with Crippen molar-refractivity contribution in [3.05, 3.63) is 64.4 Å². The molecule has 0 heterocycles. The second-order valence-corrected chi connectivity index (χ2v) is 5.33. The molecule has 2 aromatic rings. The molecule has 3 nitrogen and oxygen atoms in total. The van der Waals surface area contributed by atoms with Crippen LogP contribution in [0, 0.1) is 5.82 Å². The summed E-state index contributed by atoms with van der Waals surface area (Å²) in [7, 11) is 3.24. The Kier molecular flexibility index (Phi) is 5.39. The molecule has 5 heteroatoms. The van der Waals surface area contributed by atoms with Crippen LogP contribution in [0.3, 0.4) is 0 Å². The van der Waals surface area contributed by atoms with Gasteiger partial charge < -0.3 is 9.64 Å². The van der Waals surface area contributed by atoms with Gasteiger partial charge in [0.2, 0.25) is 0 Å². The van der Waals surface area contributed by atoms with Crippen LogP contribution in [-0.2, 0) is 6.42 Å². The van der Waals surface area contributed by atoms with Crippen molar-refractivity contribution in [2.45, 2.75) is 6.42 Å². The van der Waals surface area contributed by atoms with Crippen LogP contribution < -0.4 is 4.74 Å². The summed E-state index contributed by atoms with van der Waals surface area (Å²) in [5.41, 5.74) is 0.987. The quantitative estimate of drug-likeness (QED) is 0.838. The van der Waals surface area contributed by atoms with Gasteiger partial charge >= 0.3 is 0 Å². The molecule has 0 saturated heterocycles. The van der Waals surface area contributed by atoms with Gasteiger partial charge in [-0.15, -0.1) is 0 Å². The van der Waals surface area contributed by atoms with E-state index in [0.29, 0.717) is 13.0 Å². The molecule has 0 bridgehead atoms. The largest absolute Gasteiger partial charge is 0.497 e. The Labute approximate surface area is 134 Å². The number of carbonyl (C=O) groups is 1. The summed E-state index contributed by atoms with van der Waals surface area (Å²) in [4.78, 5) is 13.8. The van der Waals surface area contributed by atoms with Gasteiger partial charge in [0, 0.05) is 13.6 Å². The molecular formula is C17H17ClFNO2. The van der Waals surface area contributed by atoms with Crippen molar-refractivity contribution in [2.75, 3.05) is 20.7 Å². The van der Waals surface area contributed by atoms with Gasteiger partial charge in [-0.25, -0.2) is 4.39 Å². The summed E-state index contributed by atoms with van der Waals surface area (Å²) in [5, 5.41) is 0.126. The lowest BCUT2D eigenvalue weighted by Gasteiger charge is -2.18. The van der Waals surface area contributed by atoms with E-state index in [9.17, 15) is 9.18 Å². The van der Waals surface area contributed by atoms with Crippen LogP contribution in [0.1, 0.15) is 15.9 Å². The number of likely N-dealkylation sites (N-methyl/N-ethyl adjacent to an activating group) is 1. The van der Waals surface area contributed by atoms with Crippen molar-refractivity contribution in [1.82, 2.24) is 4.90 Å². The topological polar surface area (TPSA) is 29.5 Å². The fourth-order valence-electron chi connectivity index (χ4n) is 2.08. The highest BCUT2D eigenvalue weighted by Gasteiger charge is 2.19. The van der Waals surface area contributed by atoms with Gasteiger partial charge in [0.1, 0.15) is 11.6 Å². The van der Waals surface area contributed by atoms with Crippen molar-refractivity contribution in [3.8, 4) is 5.75 Å². The van der Waals surface area contributed by atoms with Crippen molar-refractivity contribution >= 4 is 17.5 Å². The third kappa shape index (κ3) is 3.77. The van der Waals surface area contributed by atoms with E-state index in [2.05, 4.69) is 0 Å². The SMILES string of the molecule is COc1ccc(CCN(C)C(=O)c2c(F)cccc2Cl)cc1. The predicted molar refractivity (Wildman–Crippen MR) is 85.1 cm³/mol. The van der Waals surface area contributed by atoms with Crippen LogP contribution in [0.2, 0.25) is 5.02 Å². The molecule has 22 heavy (non-hydrogen) atoms. The number of hydrogen-bond donors (Lipinski definition) is 0. The van der Waals surface area contributed by atoms with E-state index in [1.54, 1.807) is 14.2 Å². The standard InChI is InChI=1S/C17H17ClFNO2/c1-20(11-10-12-6-8-13(22-2)9-7-12)17(21)16-14(18)4-3-5-15(16)19/h3-9H,10-11H2,1-2H3. The number of methoxy groups -OCH3 is 1. The van der Waals surface area contributed by atoms with Crippen LogP contribution in [0.4, 0.5) is 4.39 Å². The Balaban J connectivity index is 2.02. The average molecular weight is 322 g/mol. The molecule has 2 aromatic carbocycles. The van der Waals surface area contributed by atoms with Gasteiger partial charge in [-0.05, 0) is 36.2 Å². The van der Waals surface area contributed by atoms with Gasteiger partial charge in [0.15, 0.2) is 0 Å². The van der Waals surface area contributed by atoms with E-state index >= 15 is 0 Å². The smallest absolute Gasteiger partial charge is 0.258 e. The predicted octanol–water partition coefficient (Wildman–Crippen LogP) is 3.80. The lowest BCUT2D eigenvalue weighted by molar-refractivity contribution is 0.0792. The van der Waals surface area contributed by atoms with Crippen LogP contribution in [0.5, 0.6) is 5.75 Å². The molecule has 0 N–H and O–H groups in total. The van der Waals surface area contributed by atoms with E-state index in [1.165, 1.54) is 23.1 Å². The van der Waals surface area contributed by atoms with Crippen molar-refractivity contribution in [3.63, 3.8) is 0 Å². The van der Waals surface area contributed by atoms with Crippen LogP contribution in [0.25, 0.3) is 0 Å². The second kappa shape index (κ2) is 7.27. The number of amides is 1. The molecule has 0 aromatic heterocycles. The Morgan fingerprint density at radius 3 is 2.50 bits per heavy atom. The van der Waals surface area contributed by atoms with Gasteiger partial charge in [-0.1, -0.05) is 29.8 Å². The summed E-state index contributed by atoms with van der Waals surface area (Å²) in [6.45, 7) is 0.468. The normalized spacial score (nSPS) is 10.4. The number of carbonyl (C=O) groups excluding carboxylic acids is 1. The first-order chi connectivity index (χ1) is 10.5. The molecule has 1 amide bonds. The molecule has 0 spiro atoms. The monoisotopic (exact) mass is 321 g/mol. The van der Waals surface area contributed by atoms with Gasteiger partial charge in [-0.3, -0.25) is 4.79 Å². The summed E-state index contributed by atoms with van der Waals surface area (Å²) < 4.78 is 18.9. The molecule has 2 rings (SSSR count). The maximum atomic E-state index is 13.8. The number of hydrogen-bond acceptors (Lipinski definition) is 2. The Hall–Kier alpha value is -2.07. The zero-order valence-electron chi connectivity index (χ0n) is 12.5. The molecule has 116 valence electrons. The van der Waals surface area contributed by atoms with Crippen molar-refractivity contribution in [1.29, 1.82) is 0 Å². The van der Waals surface area contributed by atoms with E-state index in [1.807, 2.05) is 24.3 Å². The summed E-state index contributed by atoms with van der Waals surface area (Å²) >= 11 is 5.92. The highest BCUT2D eigenvalue weighted by Crippen LogP contribution is 2.20. The molecule has 0 saturated carbocycles. The van der Waals surface area contributed by atoms with E-state index < -0.39 is 11.7 Å². The molecule has 0 aliphatic carbocycles. The first-order valence-electron chi connectivity index (χ1n) is 6.85. The molecule has 0 unspecified atom stereocenters. The summed E-state index contributed by atoms with van der Waals surface area (Å²) in [6.07, 6.45) is 0.665. The third-order valence-electron chi connectivity index (χ3n) is 3.42.